The van der Waals surface area contributed by atoms with E-state index in [9.17, 15) is 19.2 Å². The minimum Gasteiger partial charge on any atom is -0.488 e. The van der Waals surface area contributed by atoms with Gasteiger partial charge in [0, 0.05) is 0 Å². The van der Waals surface area contributed by atoms with Crippen LogP contribution in [-0.2, 0) is 20.9 Å². The Labute approximate surface area is 222 Å². The maximum Gasteiger partial charge on any atom is 0.337 e. The number of nitrogens with zero attached hydrogens (tertiary/aromatic N) is 1. The first kappa shape index (κ1) is 25.8. The number of hydrogen-bond donors (Lipinski definition) is 1. The number of carbonyl (C=O) groups excluding carboxylic acids is 4. The molecule has 0 radical (unpaired) electrons. The summed E-state index contributed by atoms with van der Waals surface area (Å²) in [5.74, 6) is -1.54. The van der Waals surface area contributed by atoms with E-state index in [4.69, 9.17) is 4.74 Å². The maximum absolute atomic E-state index is 13.1. The number of benzene rings is 3. The van der Waals surface area contributed by atoms with E-state index in [1.54, 1.807) is 18.2 Å². The normalized spacial score (nSPS) is 14.5. The molecule has 1 aliphatic heterocycles. The van der Waals surface area contributed by atoms with Crippen molar-refractivity contribution in [2.45, 2.75) is 20.5 Å². The fourth-order valence-corrected chi connectivity index (χ4v) is 4.47. The Balaban J connectivity index is 1.55. The quantitative estimate of drug-likeness (QED) is 0.255. The highest BCUT2D eigenvalue weighted by atomic mass is 79.9. The molecule has 0 saturated carbocycles. The fourth-order valence-electron chi connectivity index (χ4n) is 3.96. The molecule has 0 aromatic heterocycles. The van der Waals surface area contributed by atoms with Gasteiger partial charge in [0.1, 0.15) is 17.9 Å². The van der Waals surface area contributed by atoms with Gasteiger partial charge in [-0.3, -0.25) is 14.9 Å². The molecule has 4 amide bonds. The smallest absolute Gasteiger partial charge is 0.337 e. The molecule has 0 bridgehead atoms. The molecule has 4 rings (SSSR count). The molecular formula is C28H23BrN2O6. The standard InChI is InChI=1S/C28H23BrN2O6/c1-16-10-17(2)12-19(11-16)15-37-24-9-4-18(14-23(24)29)13-22-25(32)30-28(35)31(26(22)33)21-7-5-20(6-8-21)27(34)36-3/h4-14H,15H2,1-3H3,(H,30,32,35)/b22-13+. The molecule has 1 saturated heterocycles. The fraction of sp³-hybridized carbons (Fsp3) is 0.143. The summed E-state index contributed by atoms with van der Waals surface area (Å²) in [4.78, 5) is 50.6. The van der Waals surface area contributed by atoms with Crippen LogP contribution in [0.1, 0.15) is 32.6 Å². The van der Waals surface area contributed by atoms with Crippen molar-refractivity contribution in [2.75, 3.05) is 12.0 Å². The maximum atomic E-state index is 13.1. The summed E-state index contributed by atoms with van der Waals surface area (Å²) < 4.78 is 11.2. The predicted octanol–water partition coefficient (Wildman–Crippen LogP) is 5.10. The van der Waals surface area contributed by atoms with Crippen molar-refractivity contribution in [1.29, 1.82) is 0 Å². The Bertz CT molecular complexity index is 1430. The number of carbonyl (C=O) groups is 4. The summed E-state index contributed by atoms with van der Waals surface area (Å²) in [6.45, 7) is 4.45. The number of rotatable bonds is 6. The van der Waals surface area contributed by atoms with E-state index in [0.717, 1.165) is 21.6 Å². The summed E-state index contributed by atoms with van der Waals surface area (Å²) in [5, 5.41) is 2.18. The molecule has 37 heavy (non-hydrogen) atoms. The van der Waals surface area contributed by atoms with E-state index < -0.39 is 23.8 Å². The number of nitrogens with one attached hydrogen (secondary N) is 1. The summed E-state index contributed by atoms with van der Waals surface area (Å²) in [6.07, 6.45) is 1.40. The third-order valence-electron chi connectivity index (χ3n) is 5.59. The third kappa shape index (κ3) is 5.78. The Morgan fingerprint density at radius 1 is 0.973 bits per heavy atom. The first-order chi connectivity index (χ1) is 17.7. The van der Waals surface area contributed by atoms with Gasteiger partial charge in [-0.1, -0.05) is 35.4 Å². The number of barbiturate groups is 1. The molecule has 1 fully saturated rings. The van der Waals surface area contributed by atoms with Gasteiger partial charge in [0.15, 0.2) is 0 Å². The van der Waals surface area contributed by atoms with E-state index >= 15 is 0 Å². The molecule has 0 spiro atoms. The van der Waals surface area contributed by atoms with Crippen molar-refractivity contribution in [2.24, 2.45) is 0 Å². The average Bonchev–Trinajstić information content (AvgIpc) is 2.85. The molecule has 9 heteroatoms. The van der Waals surface area contributed by atoms with Gasteiger partial charge in [0.2, 0.25) is 0 Å². The Kier molecular flexibility index (Phi) is 7.54. The lowest BCUT2D eigenvalue weighted by Crippen LogP contribution is -2.54. The number of urea groups is 1. The van der Waals surface area contributed by atoms with Crippen LogP contribution in [0.2, 0.25) is 0 Å². The van der Waals surface area contributed by atoms with E-state index in [1.165, 1.54) is 37.5 Å². The van der Waals surface area contributed by atoms with Gasteiger partial charge in [-0.05, 0) is 83.4 Å². The Morgan fingerprint density at radius 3 is 2.27 bits per heavy atom. The number of anilines is 1. The molecule has 3 aromatic carbocycles. The second kappa shape index (κ2) is 10.8. The highest BCUT2D eigenvalue weighted by Crippen LogP contribution is 2.29. The molecule has 0 atom stereocenters. The molecule has 1 N–H and O–H groups in total. The van der Waals surface area contributed by atoms with Crippen LogP contribution in [0.3, 0.4) is 0 Å². The van der Waals surface area contributed by atoms with Crippen LogP contribution < -0.4 is 15.0 Å². The largest absolute Gasteiger partial charge is 0.488 e. The van der Waals surface area contributed by atoms with Gasteiger partial charge in [-0.2, -0.15) is 0 Å². The highest BCUT2D eigenvalue weighted by Gasteiger charge is 2.36. The molecule has 3 aromatic rings. The van der Waals surface area contributed by atoms with Gasteiger partial charge in [0.25, 0.3) is 11.8 Å². The topological polar surface area (TPSA) is 102 Å². The van der Waals surface area contributed by atoms with Crippen LogP contribution in [0.5, 0.6) is 5.75 Å². The number of imide groups is 2. The van der Waals surface area contributed by atoms with E-state index in [2.05, 4.69) is 44.2 Å². The lowest BCUT2D eigenvalue weighted by Gasteiger charge is -2.26. The van der Waals surface area contributed by atoms with E-state index in [0.29, 0.717) is 22.4 Å². The molecular weight excluding hydrogens is 540 g/mol. The lowest BCUT2D eigenvalue weighted by molar-refractivity contribution is -0.122. The van der Waals surface area contributed by atoms with Crippen molar-refractivity contribution < 1.29 is 28.7 Å². The van der Waals surface area contributed by atoms with Crippen molar-refractivity contribution >= 4 is 51.5 Å². The lowest BCUT2D eigenvalue weighted by atomic mass is 10.1. The van der Waals surface area contributed by atoms with Crippen LogP contribution in [0.4, 0.5) is 10.5 Å². The van der Waals surface area contributed by atoms with Crippen LogP contribution in [0.15, 0.2) is 70.7 Å². The first-order valence-corrected chi connectivity index (χ1v) is 12.0. The molecule has 1 heterocycles. The zero-order valence-electron chi connectivity index (χ0n) is 20.3. The molecule has 0 unspecified atom stereocenters. The Morgan fingerprint density at radius 2 is 1.65 bits per heavy atom. The Hall–Kier alpha value is -4.24. The van der Waals surface area contributed by atoms with Gasteiger partial charge < -0.3 is 9.47 Å². The third-order valence-corrected chi connectivity index (χ3v) is 6.21. The number of aryl methyl sites for hydroxylation is 2. The second-order valence-electron chi connectivity index (χ2n) is 8.47. The molecule has 1 aliphatic rings. The van der Waals surface area contributed by atoms with Crippen molar-refractivity contribution in [3.05, 3.63) is 98.5 Å². The summed E-state index contributed by atoms with van der Waals surface area (Å²) in [6, 6.07) is 16.2. The highest BCUT2D eigenvalue weighted by molar-refractivity contribution is 9.10. The molecule has 0 aliphatic carbocycles. The number of halogens is 1. The van der Waals surface area contributed by atoms with Gasteiger partial charge in [0.05, 0.1) is 22.8 Å². The van der Waals surface area contributed by atoms with Crippen LogP contribution in [0, 0.1) is 13.8 Å². The molecule has 188 valence electrons. The number of methoxy groups -OCH3 is 1. The van der Waals surface area contributed by atoms with Crippen LogP contribution >= 0.6 is 15.9 Å². The average molecular weight is 563 g/mol. The summed E-state index contributed by atoms with van der Waals surface area (Å²) in [5.41, 5.74) is 4.15. The van der Waals surface area contributed by atoms with E-state index in [-0.39, 0.29) is 16.8 Å². The zero-order valence-corrected chi connectivity index (χ0v) is 21.9. The summed E-state index contributed by atoms with van der Waals surface area (Å²) >= 11 is 3.49. The summed E-state index contributed by atoms with van der Waals surface area (Å²) in [7, 11) is 1.25. The molecule has 8 nitrogen and oxygen atoms in total. The van der Waals surface area contributed by atoms with Gasteiger partial charge in [-0.15, -0.1) is 0 Å². The zero-order chi connectivity index (χ0) is 26.7. The van der Waals surface area contributed by atoms with Gasteiger partial charge >= 0.3 is 12.0 Å². The number of amides is 4. The monoisotopic (exact) mass is 562 g/mol. The second-order valence-corrected chi connectivity index (χ2v) is 9.33. The first-order valence-electron chi connectivity index (χ1n) is 11.3. The predicted molar refractivity (Wildman–Crippen MR) is 141 cm³/mol. The van der Waals surface area contributed by atoms with Crippen molar-refractivity contribution in [3.8, 4) is 5.75 Å². The van der Waals surface area contributed by atoms with Crippen LogP contribution in [0.25, 0.3) is 6.08 Å². The number of esters is 1. The van der Waals surface area contributed by atoms with Crippen molar-refractivity contribution in [1.82, 2.24) is 5.32 Å². The van der Waals surface area contributed by atoms with Gasteiger partial charge in [-0.25, -0.2) is 14.5 Å². The SMILES string of the molecule is COC(=O)c1ccc(N2C(=O)NC(=O)/C(=C\c3ccc(OCc4cc(C)cc(C)c4)c(Br)c3)C2=O)cc1. The van der Waals surface area contributed by atoms with Crippen molar-refractivity contribution in [3.63, 3.8) is 0 Å². The number of ether oxygens (including phenoxy) is 2. The minimum atomic E-state index is -0.880. The minimum absolute atomic E-state index is 0.199. The van der Waals surface area contributed by atoms with E-state index in [1.807, 2.05) is 13.8 Å². The number of hydrogen-bond acceptors (Lipinski definition) is 6. The van der Waals surface area contributed by atoms with Crippen LogP contribution in [-0.4, -0.2) is 30.9 Å².